The van der Waals surface area contributed by atoms with Gasteiger partial charge in [-0.2, -0.15) is 9.29 Å². The van der Waals surface area contributed by atoms with Crippen molar-refractivity contribution >= 4 is 21.6 Å². The predicted octanol–water partition coefficient (Wildman–Crippen LogP) is 1.68. The van der Waals surface area contributed by atoms with Crippen molar-refractivity contribution < 1.29 is 22.7 Å². The Morgan fingerprint density at radius 3 is 2.68 bits per heavy atom. The van der Waals surface area contributed by atoms with Gasteiger partial charge in [0.2, 0.25) is 21.8 Å². The van der Waals surface area contributed by atoms with Crippen LogP contribution in [0.25, 0.3) is 0 Å². The summed E-state index contributed by atoms with van der Waals surface area (Å²) in [5.41, 5.74) is 0.545. The Balaban J connectivity index is 1.70. The van der Waals surface area contributed by atoms with E-state index in [1.165, 1.54) is 36.7 Å². The molecular weight excluding hydrogens is 384 g/mol. The largest absolute Gasteiger partial charge is 0.473 e. The molecule has 1 aliphatic heterocycles. The number of methoxy groups -OCH3 is 1. The first-order chi connectivity index (χ1) is 13.4. The van der Waals surface area contributed by atoms with E-state index in [0.717, 1.165) is 6.42 Å². The number of sulfonamides is 1. The highest BCUT2D eigenvalue weighted by Crippen LogP contribution is 2.24. The van der Waals surface area contributed by atoms with Crippen molar-refractivity contribution in [3.63, 3.8) is 0 Å². The molecule has 28 heavy (non-hydrogen) atoms. The van der Waals surface area contributed by atoms with Gasteiger partial charge >= 0.3 is 6.01 Å². The first-order valence-electron chi connectivity index (χ1n) is 8.80. The molecule has 2 aromatic rings. The number of hydrogen-bond donors (Lipinski definition) is 1. The van der Waals surface area contributed by atoms with E-state index in [4.69, 9.17) is 9.47 Å². The second kappa shape index (κ2) is 8.53. The van der Waals surface area contributed by atoms with Crippen LogP contribution in [0.1, 0.15) is 19.8 Å². The van der Waals surface area contributed by atoms with Gasteiger partial charge in [-0.1, -0.05) is 0 Å². The molecule has 0 aliphatic carbocycles. The molecule has 3 rings (SSSR count). The number of carbonyl (C=O) groups is 1. The number of anilines is 1. The first-order valence-corrected chi connectivity index (χ1v) is 10.2. The number of nitrogens with zero attached hydrogens (tertiary/aromatic N) is 3. The number of rotatable bonds is 6. The second-order valence-corrected chi connectivity index (χ2v) is 8.27. The predicted molar refractivity (Wildman–Crippen MR) is 102 cm³/mol. The zero-order valence-electron chi connectivity index (χ0n) is 15.7. The monoisotopic (exact) mass is 406 g/mol. The minimum atomic E-state index is -3.66. The van der Waals surface area contributed by atoms with Gasteiger partial charge in [0.25, 0.3) is 0 Å². The molecule has 10 heteroatoms. The molecule has 150 valence electrons. The van der Waals surface area contributed by atoms with Gasteiger partial charge in [-0.15, -0.1) is 0 Å². The number of aromatic nitrogens is 2. The zero-order chi connectivity index (χ0) is 20.1. The fraction of sp³-hybridized carbons (Fsp3) is 0.389. The quantitative estimate of drug-likeness (QED) is 0.777. The van der Waals surface area contributed by atoms with Crippen LogP contribution < -0.4 is 14.8 Å². The molecule has 1 saturated heterocycles. The van der Waals surface area contributed by atoms with Crippen molar-refractivity contribution in [2.24, 2.45) is 0 Å². The third-order valence-electron chi connectivity index (χ3n) is 4.23. The fourth-order valence-electron chi connectivity index (χ4n) is 2.94. The van der Waals surface area contributed by atoms with Crippen molar-refractivity contribution in [2.45, 2.75) is 30.8 Å². The van der Waals surface area contributed by atoms with Crippen LogP contribution in [0.4, 0.5) is 5.69 Å². The Morgan fingerprint density at radius 1 is 1.25 bits per heavy atom. The molecule has 0 saturated carbocycles. The topological polar surface area (TPSA) is 111 Å². The lowest BCUT2D eigenvalue weighted by molar-refractivity contribution is -0.114. The lowest BCUT2D eigenvalue weighted by Crippen LogP contribution is -2.44. The average molecular weight is 406 g/mol. The summed E-state index contributed by atoms with van der Waals surface area (Å²) in [7, 11) is -2.20. The molecule has 1 fully saturated rings. The molecule has 1 aromatic heterocycles. The Bertz CT molecular complexity index is 933. The molecule has 1 N–H and O–H groups in total. The van der Waals surface area contributed by atoms with E-state index in [-0.39, 0.29) is 29.5 Å². The summed E-state index contributed by atoms with van der Waals surface area (Å²) in [6, 6.07) is 7.91. The minimum absolute atomic E-state index is 0.172. The Morgan fingerprint density at radius 2 is 2.00 bits per heavy atom. The van der Waals surface area contributed by atoms with Gasteiger partial charge in [0, 0.05) is 31.4 Å². The minimum Gasteiger partial charge on any atom is -0.473 e. The first kappa shape index (κ1) is 20.0. The van der Waals surface area contributed by atoms with Gasteiger partial charge in [0.1, 0.15) is 6.10 Å². The van der Waals surface area contributed by atoms with Gasteiger partial charge in [-0.05, 0) is 37.1 Å². The summed E-state index contributed by atoms with van der Waals surface area (Å²) in [6.07, 6.45) is 2.60. The molecule has 0 spiro atoms. The van der Waals surface area contributed by atoms with E-state index in [1.807, 2.05) is 0 Å². The van der Waals surface area contributed by atoms with Crippen LogP contribution in [0.2, 0.25) is 0 Å². The van der Waals surface area contributed by atoms with E-state index < -0.39 is 10.0 Å². The lowest BCUT2D eigenvalue weighted by atomic mass is 10.1. The van der Waals surface area contributed by atoms with Gasteiger partial charge in [0.15, 0.2) is 0 Å². The number of benzene rings is 1. The molecule has 0 bridgehead atoms. The van der Waals surface area contributed by atoms with Crippen molar-refractivity contribution in [3.05, 3.63) is 36.5 Å². The molecule has 1 amide bonds. The SMILES string of the molecule is COc1nccc(OC2CCCN(S(=O)(=O)c3ccc(NC(C)=O)cc3)C2)n1. The van der Waals surface area contributed by atoms with Crippen LogP contribution in [0.3, 0.4) is 0 Å². The Kier molecular flexibility index (Phi) is 6.10. The summed E-state index contributed by atoms with van der Waals surface area (Å²) < 4.78 is 38.1. The van der Waals surface area contributed by atoms with E-state index >= 15 is 0 Å². The van der Waals surface area contributed by atoms with Gasteiger partial charge in [-0.3, -0.25) is 4.79 Å². The number of carbonyl (C=O) groups excluding carboxylic acids is 1. The Hall–Kier alpha value is -2.72. The summed E-state index contributed by atoms with van der Waals surface area (Å²) in [5.74, 6) is 0.128. The van der Waals surface area contributed by atoms with E-state index in [0.29, 0.717) is 24.5 Å². The van der Waals surface area contributed by atoms with Crippen molar-refractivity contribution in [1.29, 1.82) is 0 Å². The summed E-state index contributed by atoms with van der Waals surface area (Å²) in [6.45, 7) is 2.04. The molecule has 1 atom stereocenters. The molecule has 1 aromatic carbocycles. The van der Waals surface area contributed by atoms with Crippen molar-refractivity contribution in [2.75, 3.05) is 25.5 Å². The second-order valence-electron chi connectivity index (χ2n) is 6.33. The molecule has 1 aliphatic rings. The summed E-state index contributed by atoms with van der Waals surface area (Å²) in [4.78, 5) is 19.3. The van der Waals surface area contributed by atoms with Crippen LogP contribution in [0.5, 0.6) is 11.9 Å². The van der Waals surface area contributed by atoms with E-state index in [9.17, 15) is 13.2 Å². The highest BCUT2D eigenvalue weighted by Gasteiger charge is 2.31. The van der Waals surface area contributed by atoms with Crippen molar-refractivity contribution in [1.82, 2.24) is 14.3 Å². The summed E-state index contributed by atoms with van der Waals surface area (Å²) >= 11 is 0. The van der Waals surface area contributed by atoms with E-state index in [1.54, 1.807) is 18.2 Å². The molecule has 2 heterocycles. The zero-order valence-corrected chi connectivity index (χ0v) is 16.5. The maximum atomic E-state index is 13.0. The number of amides is 1. The van der Waals surface area contributed by atoms with E-state index in [2.05, 4.69) is 15.3 Å². The number of piperidine rings is 1. The number of hydrogen-bond acceptors (Lipinski definition) is 7. The van der Waals surface area contributed by atoms with Crippen LogP contribution in [-0.4, -0.2) is 54.9 Å². The van der Waals surface area contributed by atoms with Crippen molar-refractivity contribution in [3.8, 4) is 11.9 Å². The highest BCUT2D eigenvalue weighted by atomic mass is 32.2. The third-order valence-corrected chi connectivity index (χ3v) is 6.11. The third kappa shape index (κ3) is 4.76. The number of nitrogens with one attached hydrogen (secondary N) is 1. The molecule has 9 nitrogen and oxygen atoms in total. The van der Waals surface area contributed by atoms with Gasteiger partial charge in [0.05, 0.1) is 18.6 Å². The van der Waals surface area contributed by atoms with Crippen LogP contribution in [-0.2, 0) is 14.8 Å². The standard InChI is InChI=1S/C18H22N4O5S/c1-13(23)20-14-5-7-16(8-6-14)28(24,25)22-11-3-4-15(12-22)27-17-9-10-19-18(21-17)26-2/h5-10,15H,3-4,11-12H2,1-2H3,(H,20,23). The fourth-order valence-corrected chi connectivity index (χ4v) is 4.45. The number of ether oxygens (including phenoxy) is 2. The van der Waals surface area contributed by atoms with Gasteiger partial charge in [-0.25, -0.2) is 13.4 Å². The highest BCUT2D eigenvalue weighted by molar-refractivity contribution is 7.89. The normalized spacial score (nSPS) is 17.7. The maximum Gasteiger partial charge on any atom is 0.319 e. The average Bonchev–Trinajstić information content (AvgIpc) is 2.68. The Labute approximate surface area is 163 Å². The van der Waals surface area contributed by atoms with Crippen LogP contribution in [0, 0.1) is 0 Å². The van der Waals surface area contributed by atoms with Crippen LogP contribution in [0.15, 0.2) is 41.4 Å². The lowest BCUT2D eigenvalue weighted by Gasteiger charge is -2.31. The molecule has 1 unspecified atom stereocenters. The maximum absolute atomic E-state index is 13.0. The molecular formula is C18H22N4O5S. The van der Waals surface area contributed by atoms with Crippen LogP contribution >= 0.6 is 0 Å². The smallest absolute Gasteiger partial charge is 0.319 e. The molecule has 0 radical (unpaired) electrons. The summed E-state index contributed by atoms with van der Waals surface area (Å²) in [5, 5.41) is 2.62. The van der Waals surface area contributed by atoms with Gasteiger partial charge < -0.3 is 14.8 Å².